The Hall–Kier alpha value is 0.109. The number of hydrogen-bond donors (Lipinski definition) is 0. The van der Waals surface area contributed by atoms with Gasteiger partial charge in [0.2, 0.25) is 0 Å². The minimum atomic E-state index is -1.90. The zero-order valence-electron chi connectivity index (χ0n) is 9.21. The van der Waals surface area contributed by atoms with Gasteiger partial charge in [0.05, 0.1) is 0 Å². The molecular formula is C12H18SSn. The quantitative estimate of drug-likeness (QED) is 0.466. The van der Waals surface area contributed by atoms with Crippen LogP contribution in [0.25, 0.3) is 0 Å². The van der Waals surface area contributed by atoms with Crippen molar-refractivity contribution in [1.29, 1.82) is 0 Å². The van der Waals surface area contributed by atoms with E-state index in [1.54, 1.807) is 3.58 Å². The fourth-order valence-electron chi connectivity index (χ4n) is 1.36. The number of hydrogen-bond acceptors (Lipinski definition) is 1. The molecule has 0 fully saturated rings. The molecule has 0 aliphatic carbocycles. The number of rotatable bonds is 4. The first kappa shape index (κ1) is 12.2. The van der Waals surface area contributed by atoms with Crippen molar-refractivity contribution in [3.05, 3.63) is 36.9 Å². The summed E-state index contributed by atoms with van der Waals surface area (Å²) in [6.45, 7) is 3.76. The van der Waals surface area contributed by atoms with Gasteiger partial charge in [-0.25, -0.2) is 0 Å². The Morgan fingerprint density at radius 3 is 2.50 bits per heavy atom. The van der Waals surface area contributed by atoms with Gasteiger partial charge in [-0.1, -0.05) is 0 Å². The zero-order chi connectivity index (χ0) is 10.6. The van der Waals surface area contributed by atoms with E-state index < -0.39 is 18.4 Å². The van der Waals surface area contributed by atoms with Crippen molar-refractivity contribution >= 4 is 33.7 Å². The van der Waals surface area contributed by atoms with Crippen molar-refractivity contribution in [2.45, 2.75) is 19.7 Å². The molecule has 1 aromatic carbocycles. The van der Waals surface area contributed by atoms with Crippen LogP contribution in [0.2, 0.25) is 14.8 Å². The number of benzene rings is 1. The SMILES string of the molecule is C=CCSc1cccc[c]1[Sn]([CH3])([CH3])[CH3]. The van der Waals surface area contributed by atoms with E-state index in [-0.39, 0.29) is 0 Å². The van der Waals surface area contributed by atoms with Crippen LogP contribution in [0.3, 0.4) is 0 Å². The minimum absolute atomic E-state index is 1.01. The van der Waals surface area contributed by atoms with Crippen molar-refractivity contribution in [1.82, 2.24) is 0 Å². The second-order valence-electron chi connectivity index (χ2n) is 4.35. The average Bonchev–Trinajstić information content (AvgIpc) is 2.14. The summed E-state index contributed by atoms with van der Waals surface area (Å²) in [5, 5.41) is 0. The van der Waals surface area contributed by atoms with E-state index in [0.29, 0.717) is 0 Å². The molecule has 0 saturated carbocycles. The van der Waals surface area contributed by atoms with Crippen LogP contribution < -0.4 is 3.58 Å². The van der Waals surface area contributed by atoms with Crippen LogP contribution in [0.1, 0.15) is 0 Å². The zero-order valence-corrected chi connectivity index (χ0v) is 12.9. The molecule has 0 spiro atoms. The Labute approximate surface area is 95.7 Å². The molecule has 0 atom stereocenters. The van der Waals surface area contributed by atoms with Crippen molar-refractivity contribution in [2.75, 3.05) is 5.75 Å². The Balaban J connectivity index is 2.97. The third kappa shape index (κ3) is 3.35. The fourth-order valence-corrected chi connectivity index (χ4v) is 8.78. The molecule has 0 unspecified atom stereocenters. The Morgan fingerprint density at radius 1 is 1.29 bits per heavy atom. The first-order valence-corrected chi connectivity index (χ1v) is 15.9. The molecule has 0 radical (unpaired) electrons. The summed E-state index contributed by atoms with van der Waals surface area (Å²) in [6, 6.07) is 8.84. The third-order valence-electron chi connectivity index (χ3n) is 2.05. The topological polar surface area (TPSA) is 0 Å². The van der Waals surface area contributed by atoms with Crippen LogP contribution in [0.5, 0.6) is 0 Å². The molecule has 0 aliphatic rings. The molecular weight excluding hydrogens is 295 g/mol. The van der Waals surface area contributed by atoms with Gasteiger partial charge in [0, 0.05) is 0 Å². The maximum absolute atomic E-state index is 3.76. The number of thioether (sulfide) groups is 1. The van der Waals surface area contributed by atoms with Gasteiger partial charge in [0.25, 0.3) is 0 Å². The first-order chi connectivity index (χ1) is 6.55. The van der Waals surface area contributed by atoms with Gasteiger partial charge in [0.15, 0.2) is 0 Å². The Kier molecular flexibility index (Phi) is 4.58. The molecule has 0 aromatic heterocycles. The summed E-state index contributed by atoms with van der Waals surface area (Å²) in [5.74, 6) is 1.01. The summed E-state index contributed by atoms with van der Waals surface area (Å²) in [6.07, 6.45) is 1.97. The van der Waals surface area contributed by atoms with Crippen LogP contribution in [-0.4, -0.2) is 24.1 Å². The fraction of sp³-hybridized carbons (Fsp3) is 0.333. The van der Waals surface area contributed by atoms with Crippen LogP contribution in [0.15, 0.2) is 41.8 Å². The van der Waals surface area contributed by atoms with Gasteiger partial charge in [-0.05, 0) is 0 Å². The molecule has 0 bridgehead atoms. The summed E-state index contributed by atoms with van der Waals surface area (Å²) in [7, 11) is 0. The van der Waals surface area contributed by atoms with E-state index in [4.69, 9.17) is 0 Å². The predicted octanol–water partition coefficient (Wildman–Crippen LogP) is 3.51. The Bertz CT molecular complexity index is 312. The van der Waals surface area contributed by atoms with Gasteiger partial charge in [-0.2, -0.15) is 0 Å². The van der Waals surface area contributed by atoms with Crippen LogP contribution in [-0.2, 0) is 0 Å². The molecule has 0 saturated heterocycles. The van der Waals surface area contributed by atoms with Crippen molar-refractivity contribution in [3.63, 3.8) is 0 Å². The van der Waals surface area contributed by atoms with E-state index >= 15 is 0 Å². The van der Waals surface area contributed by atoms with Gasteiger partial charge in [-0.15, -0.1) is 0 Å². The van der Waals surface area contributed by atoms with Crippen LogP contribution in [0.4, 0.5) is 0 Å². The van der Waals surface area contributed by atoms with Gasteiger partial charge < -0.3 is 0 Å². The molecule has 0 N–H and O–H groups in total. The van der Waals surface area contributed by atoms with Crippen molar-refractivity contribution in [3.8, 4) is 0 Å². The summed E-state index contributed by atoms with van der Waals surface area (Å²) < 4.78 is 1.63. The average molecular weight is 313 g/mol. The van der Waals surface area contributed by atoms with Gasteiger partial charge in [-0.3, -0.25) is 0 Å². The van der Waals surface area contributed by atoms with Gasteiger partial charge >= 0.3 is 96.1 Å². The molecule has 0 nitrogen and oxygen atoms in total. The van der Waals surface area contributed by atoms with Crippen LogP contribution in [0, 0.1) is 0 Å². The summed E-state index contributed by atoms with van der Waals surface area (Å²) >= 11 is 0.00346. The standard InChI is InChI=1S/C9H9S.3CH3.Sn/c1-2-8-10-9-6-4-3-5-7-9;;;;/h2-6H,1,8H2;3*1H3;. The molecule has 14 heavy (non-hydrogen) atoms. The van der Waals surface area contributed by atoms with E-state index in [0.717, 1.165) is 5.75 Å². The monoisotopic (exact) mass is 314 g/mol. The normalized spacial score (nSPS) is 11.4. The second-order valence-corrected chi connectivity index (χ2v) is 19.8. The molecule has 1 rings (SSSR count). The molecule has 0 amide bonds. The van der Waals surface area contributed by atoms with Crippen molar-refractivity contribution < 1.29 is 0 Å². The molecule has 76 valence electrons. The van der Waals surface area contributed by atoms with E-state index in [9.17, 15) is 0 Å². The summed E-state index contributed by atoms with van der Waals surface area (Å²) in [4.78, 5) is 8.85. The molecule has 2 heteroatoms. The Morgan fingerprint density at radius 2 is 1.93 bits per heavy atom. The van der Waals surface area contributed by atoms with Gasteiger partial charge in [0.1, 0.15) is 0 Å². The van der Waals surface area contributed by atoms with E-state index in [2.05, 4.69) is 45.7 Å². The molecule has 1 aromatic rings. The van der Waals surface area contributed by atoms with Crippen molar-refractivity contribution in [2.24, 2.45) is 0 Å². The third-order valence-corrected chi connectivity index (χ3v) is 9.49. The maximum atomic E-state index is 3.76. The molecule has 0 aliphatic heterocycles. The van der Waals surface area contributed by atoms with E-state index in [1.807, 2.05) is 17.8 Å². The summed E-state index contributed by atoms with van der Waals surface area (Å²) in [5.41, 5.74) is 0. The first-order valence-electron chi connectivity index (χ1n) is 4.89. The predicted molar refractivity (Wildman–Crippen MR) is 70.3 cm³/mol. The van der Waals surface area contributed by atoms with E-state index in [1.165, 1.54) is 4.90 Å². The van der Waals surface area contributed by atoms with Crippen LogP contribution >= 0.6 is 11.8 Å². The second kappa shape index (κ2) is 5.26. The molecule has 0 heterocycles.